The van der Waals surface area contributed by atoms with Gasteiger partial charge in [-0.3, -0.25) is 19.1 Å². The Bertz CT molecular complexity index is 1120. The molecule has 0 aliphatic carbocycles. The molecule has 1 aliphatic rings. The zero-order chi connectivity index (χ0) is 22.0. The summed E-state index contributed by atoms with van der Waals surface area (Å²) in [6, 6.07) is 5.56. The summed E-state index contributed by atoms with van der Waals surface area (Å²) in [6.45, 7) is 7.34. The second kappa shape index (κ2) is 8.90. The van der Waals surface area contributed by atoms with Crippen molar-refractivity contribution in [2.45, 2.75) is 27.3 Å². The van der Waals surface area contributed by atoms with Gasteiger partial charge in [0.1, 0.15) is 27.5 Å². The maximum atomic E-state index is 13.0. The fraction of sp³-hybridized carbons (Fsp3) is 0.333. The molecule has 1 aliphatic heterocycles. The lowest BCUT2D eigenvalue weighted by Gasteiger charge is -2.27. The lowest BCUT2D eigenvalue weighted by atomic mass is 10.0. The van der Waals surface area contributed by atoms with Gasteiger partial charge >= 0.3 is 0 Å². The van der Waals surface area contributed by atoms with Gasteiger partial charge in [-0.25, -0.2) is 0 Å². The first kappa shape index (κ1) is 21.9. The van der Waals surface area contributed by atoms with E-state index in [0.29, 0.717) is 45.0 Å². The third-order valence-corrected chi connectivity index (χ3v) is 6.45. The molecule has 0 N–H and O–H groups in total. The van der Waals surface area contributed by atoms with Crippen LogP contribution in [0.25, 0.3) is 6.08 Å². The number of pyridine rings is 1. The minimum Gasteiger partial charge on any atom is -0.467 e. The highest BCUT2D eigenvalue weighted by atomic mass is 32.2. The normalized spacial score (nSPS) is 15.2. The van der Waals surface area contributed by atoms with Gasteiger partial charge in [-0.1, -0.05) is 24.0 Å². The molecular formula is C21H22N4O3S2. The zero-order valence-electron chi connectivity index (χ0n) is 17.3. The summed E-state index contributed by atoms with van der Waals surface area (Å²) >= 11 is 6.61. The van der Waals surface area contributed by atoms with Crippen molar-refractivity contribution in [1.82, 2.24) is 9.47 Å². The smallest absolute Gasteiger partial charge is 0.270 e. The predicted molar refractivity (Wildman–Crippen MR) is 122 cm³/mol. The monoisotopic (exact) mass is 442 g/mol. The van der Waals surface area contributed by atoms with Crippen LogP contribution in [-0.4, -0.2) is 32.8 Å². The van der Waals surface area contributed by atoms with Crippen LogP contribution < -0.4 is 10.5 Å². The van der Waals surface area contributed by atoms with Crippen LogP contribution in [0.15, 0.2) is 32.5 Å². The topological polar surface area (TPSA) is 82.5 Å². The summed E-state index contributed by atoms with van der Waals surface area (Å²) in [5, 5.41) is 9.52. The molecule has 0 saturated carbocycles. The number of furan rings is 1. The lowest BCUT2D eigenvalue weighted by Crippen LogP contribution is -2.33. The first-order valence-corrected chi connectivity index (χ1v) is 10.7. The maximum absolute atomic E-state index is 13.0. The third kappa shape index (κ3) is 3.80. The molecule has 0 bridgehead atoms. The van der Waals surface area contributed by atoms with Gasteiger partial charge in [-0.2, -0.15) is 5.26 Å². The summed E-state index contributed by atoms with van der Waals surface area (Å²) in [4.78, 5) is 29.7. The molecule has 0 unspecified atom stereocenters. The molecule has 0 radical (unpaired) electrons. The van der Waals surface area contributed by atoms with Crippen molar-refractivity contribution in [3.8, 4) is 6.07 Å². The quantitative estimate of drug-likeness (QED) is 0.501. The van der Waals surface area contributed by atoms with Crippen LogP contribution in [0, 0.1) is 18.3 Å². The van der Waals surface area contributed by atoms with E-state index in [1.807, 2.05) is 24.8 Å². The van der Waals surface area contributed by atoms with Crippen LogP contribution in [0.4, 0.5) is 5.82 Å². The van der Waals surface area contributed by atoms with Gasteiger partial charge < -0.3 is 9.32 Å². The Labute approximate surface area is 184 Å². The lowest BCUT2D eigenvalue weighted by molar-refractivity contribution is -0.122. The Hall–Kier alpha value is -2.83. The van der Waals surface area contributed by atoms with Crippen molar-refractivity contribution >= 4 is 46.1 Å². The van der Waals surface area contributed by atoms with Gasteiger partial charge in [0.25, 0.3) is 11.5 Å². The fourth-order valence-electron chi connectivity index (χ4n) is 3.44. The largest absolute Gasteiger partial charge is 0.467 e. The van der Waals surface area contributed by atoms with Crippen molar-refractivity contribution in [2.24, 2.45) is 7.05 Å². The van der Waals surface area contributed by atoms with E-state index in [4.69, 9.17) is 16.6 Å². The number of thiocarbonyl (C=S) groups is 1. The molecule has 0 spiro atoms. The molecule has 3 heterocycles. The van der Waals surface area contributed by atoms with Gasteiger partial charge in [-0.05, 0) is 44.5 Å². The van der Waals surface area contributed by atoms with Gasteiger partial charge in [0.2, 0.25) is 0 Å². The van der Waals surface area contributed by atoms with Crippen molar-refractivity contribution in [3.63, 3.8) is 0 Å². The Morgan fingerprint density at radius 2 is 2.03 bits per heavy atom. The summed E-state index contributed by atoms with van der Waals surface area (Å²) < 4.78 is 7.26. The summed E-state index contributed by atoms with van der Waals surface area (Å²) in [5.74, 6) is 1.10. The van der Waals surface area contributed by atoms with E-state index in [1.165, 1.54) is 21.2 Å². The predicted octanol–water partition coefficient (Wildman–Crippen LogP) is 3.41. The van der Waals surface area contributed by atoms with Crippen LogP contribution in [0.3, 0.4) is 0 Å². The van der Waals surface area contributed by atoms with Crippen LogP contribution >= 0.6 is 24.0 Å². The number of thioether (sulfide) groups is 1. The number of hydrogen-bond donors (Lipinski definition) is 0. The standard InChI is InChI=1S/C21H22N4O3S2/c1-5-24(6-2)18-15(13(3)16(11-22)19(26)23(18)4)10-17-20(27)25(21(29)30-17)12-14-8-7-9-28-14/h7-10H,5-6,12H2,1-4H3. The van der Waals surface area contributed by atoms with Crippen LogP contribution in [0.5, 0.6) is 0 Å². The number of anilines is 1. The molecule has 156 valence electrons. The second-order valence-electron chi connectivity index (χ2n) is 6.73. The van der Waals surface area contributed by atoms with E-state index in [0.717, 1.165) is 0 Å². The SMILES string of the molecule is CCN(CC)c1c(C=C2SC(=S)N(Cc3ccco3)C2=O)c(C)c(C#N)c(=O)n1C. The summed E-state index contributed by atoms with van der Waals surface area (Å²) in [6.07, 6.45) is 3.29. The molecule has 0 aromatic carbocycles. The van der Waals surface area contributed by atoms with Gasteiger partial charge in [0, 0.05) is 25.7 Å². The van der Waals surface area contributed by atoms with Crippen LogP contribution in [0.1, 0.15) is 36.3 Å². The number of aromatic nitrogens is 1. The first-order chi connectivity index (χ1) is 14.3. The van der Waals surface area contributed by atoms with Crippen molar-refractivity contribution < 1.29 is 9.21 Å². The highest BCUT2D eigenvalue weighted by Gasteiger charge is 2.33. The zero-order valence-corrected chi connectivity index (χ0v) is 18.9. The van der Waals surface area contributed by atoms with Crippen LogP contribution in [0.2, 0.25) is 0 Å². The van der Waals surface area contributed by atoms with Crippen molar-refractivity contribution in [2.75, 3.05) is 18.0 Å². The molecule has 1 saturated heterocycles. The Kier molecular flexibility index (Phi) is 6.48. The Balaban J connectivity index is 2.13. The Morgan fingerprint density at radius 1 is 1.33 bits per heavy atom. The molecule has 0 atom stereocenters. The number of rotatable bonds is 6. The summed E-state index contributed by atoms with van der Waals surface area (Å²) in [5.41, 5.74) is 0.958. The van der Waals surface area contributed by atoms with E-state index >= 15 is 0 Å². The van der Waals surface area contributed by atoms with E-state index in [9.17, 15) is 14.9 Å². The van der Waals surface area contributed by atoms with Crippen LogP contribution in [-0.2, 0) is 18.4 Å². The minimum absolute atomic E-state index is 0.0747. The van der Waals surface area contributed by atoms with Crippen molar-refractivity contribution in [1.29, 1.82) is 5.26 Å². The third-order valence-electron chi connectivity index (χ3n) is 5.07. The average Bonchev–Trinajstić information content (AvgIpc) is 3.33. The van der Waals surface area contributed by atoms with E-state index in [2.05, 4.69) is 0 Å². The molecule has 3 rings (SSSR count). The molecule has 2 aromatic rings. The number of amides is 1. The van der Waals surface area contributed by atoms with Gasteiger partial charge in [0.05, 0.1) is 17.7 Å². The molecule has 9 heteroatoms. The summed E-state index contributed by atoms with van der Waals surface area (Å²) in [7, 11) is 1.65. The number of nitrogens with zero attached hydrogens (tertiary/aromatic N) is 4. The minimum atomic E-state index is -0.348. The molecule has 30 heavy (non-hydrogen) atoms. The highest BCUT2D eigenvalue weighted by molar-refractivity contribution is 8.26. The molecule has 7 nitrogen and oxygen atoms in total. The highest BCUT2D eigenvalue weighted by Crippen LogP contribution is 2.36. The number of hydrogen-bond acceptors (Lipinski definition) is 7. The van der Waals surface area contributed by atoms with Crippen molar-refractivity contribution in [3.05, 3.63) is 56.1 Å². The van der Waals surface area contributed by atoms with E-state index < -0.39 is 0 Å². The molecule has 2 aromatic heterocycles. The fourth-order valence-corrected chi connectivity index (χ4v) is 4.68. The molecular weight excluding hydrogens is 420 g/mol. The van der Waals surface area contributed by atoms with E-state index in [-0.39, 0.29) is 23.6 Å². The number of nitriles is 1. The molecule has 1 fully saturated rings. The molecule has 1 amide bonds. The number of carbonyl (C=O) groups is 1. The maximum Gasteiger partial charge on any atom is 0.270 e. The van der Waals surface area contributed by atoms with Gasteiger partial charge in [-0.15, -0.1) is 0 Å². The number of carbonyl (C=O) groups excluding carboxylic acids is 1. The second-order valence-corrected chi connectivity index (χ2v) is 8.41. The average molecular weight is 443 g/mol. The van der Waals surface area contributed by atoms with Gasteiger partial charge in [0.15, 0.2) is 0 Å². The first-order valence-electron chi connectivity index (χ1n) is 9.50. The van der Waals surface area contributed by atoms with E-state index in [1.54, 1.807) is 38.4 Å². The Morgan fingerprint density at radius 3 is 2.60 bits per heavy atom.